The molecule has 0 amide bonds. The predicted octanol–water partition coefficient (Wildman–Crippen LogP) is 1.19. The number of nitrogens with one attached hydrogen (secondary N) is 1. The van der Waals surface area contributed by atoms with Crippen LogP contribution >= 0.6 is 11.3 Å². The molecule has 0 saturated carbocycles. The standard InChI is InChI=1S/C10H10N4S/c11-3-6-5-1-2-8-7(4-13-14-8)9(5)15-10(6)12/h7,13H,1-2,4,12H2. The van der Waals surface area contributed by atoms with Crippen LogP contribution in [0.15, 0.2) is 5.10 Å². The summed E-state index contributed by atoms with van der Waals surface area (Å²) >= 11 is 1.55. The van der Waals surface area contributed by atoms with Gasteiger partial charge in [-0.1, -0.05) is 0 Å². The van der Waals surface area contributed by atoms with Gasteiger partial charge in [0.2, 0.25) is 0 Å². The van der Waals surface area contributed by atoms with Crippen molar-refractivity contribution < 1.29 is 0 Å². The molecule has 76 valence electrons. The Balaban J connectivity index is 2.17. The zero-order valence-corrected chi connectivity index (χ0v) is 8.90. The first-order valence-corrected chi connectivity index (χ1v) is 5.73. The smallest absolute Gasteiger partial charge is 0.104 e. The van der Waals surface area contributed by atoms with Gasteiger partial charge in [0, 0.05) is 17.1 Å². The molecule has 0 radical (unpaired) electrons. The van der Waals surface area contributed by atoms with E-state index in [1.54, 1.807) is 11.3 Å². The van der Waals surface area contributed by atoms with Crippen LogP contribution in [0, 0.1) is 11.3 Å². The van der Waals surface area contributed by atoms with E-state index in [2.05, 4.69) is 16.6 Å². The average Bonchev–Trinajstić information content (AvgIpc) is 2.79. The van der Waals surface area contributed by atoms with Gasteiger partial charge in [0.1, 0.15) is 11.1 Å². The molecular formula is C10H10N4S. The molecule has 1 aliphatic heterocycles. The van der Waals surface area contributed by atoms with Gasteiger partial charge < -0.3 is 11.2 Å². The minimum Gasteiger partial charge on any atom is -0.389 e. The van der Waals surface area contributed by atoms with Gasteiger partial charge in [-0.05, 0) is 18.4 Å². The maximum absolute atomic E-state index is 9.03. The third-order valence-corrected chi connectivity index (χ3v) is 4.22. The van der Waals surface area contributed by atoms with Crippen LogP contribution in [0.4, 0.5) is 5.00 Å². The second kappa shape index (κ2) is 2.97. The molecule has 1 atom stereocenters. The molecule has 2 aliphatic rings. The molecule has 3 rings (SSSR count). The molecule has 0 aromatic carbocycles. The Morgan fingerprint density at radius 3 is 3.20 bits per heavy atom. The minimum absolute atomic E-state index is 0.364. The first kappa shape index (κ1) is 8.74. The third-order valence-electron chi connectivity index (χ3n) is 3.05. The van der Waals surface area contributed by atoms with Gasteiger partial charge in [-0.25, -0.2) is 0 Å². The van der Waals surface area contributed by atoms with Crippen molar-refractivity contribution in [1.82, 2.24) is 5.43 Å². The van der Waals surface area contributed by atoms with Crippen LogP contribution in [0.25, 0.3) is 0 Å². The third kappa shape index (κ3) is 1.08. The molecule has 0 fully saturated rings. The van der Waals surface area contributed by atoms with Crippen LogP contribution in [-0.4, -0.2) is 12.3 Å². The summed E-state index contributed by atoms with van der Waals surface area (Å²) in [5.41, 5.74) is 11.9. The number of nitrogens with two attached hydrogens (primary N) is 1. The van der Waals surface area contributed by atoms with Gasteiger partial charge in [0.05, 0.1) is 11.5 Å². The lowest BCUT2D eigenvalue weighted by Gasteiger charge is -2.18. The fraction of sp³-hybridized carbons (Fsp3) is 0.400. The summed E-state index contributed by atoms with van der Waals surface area (Å²) in [4.78, 5) is 1.25. The number of fused-ring (bicyclic) bond motifs is 3. The summed E-state index contributed by atoms with van der Waals surface area (Å²) in [7, 11) is 0. The van der Waals surface area contributed by atoms with Crippen LogP contribution in [0.3, 0.4) is 0 Å². The number of anilines is 1. The lowest BCUT2D eigenvalue weighted by Crippen LogP contribution is -2.19. The summed E-state index contributed by atoms with van der Waals surface area (Å²) in [6.45, 7) is 0.854. The highest BCUT2D eigenvalue weighted by Crippen LogP contribution is 2.41. The van der Waals surface area contributed by atoms with E-state index in [0.717, 1.165) is 24.9 Å². The molecular weight excluding hydrogens is 208 g/mol. The van der Waals surface area contributed by atoms with Crippen molar-refractivity contribution in [2.24, 2.45) is 5.10 Å². The number of nitrogen functional groups attached to an aromatic ring is 1. The largest absolute Gasteiger partial charge is 0.389 e. The summed E-state index contributed by atoms with van der Waals surface area (Å²) in [5.74, 6) is 0.364. The summed E-state index contributed by atoms with van der Waals surface area (Å²) < 4.78 is 0. The Labute approximate surface area is 91.4 Å². The van der Waals surface area contributed by atoms with Crippen LogP contribution in [0.2, 0.25) is 0 Å². The van der Waals surface area contributed by atoms with E-state index in [1.165, 1.54) is 10.6 Å². The van der Waals surface area contributed by atoms with E-state index in [0.29, 0.717) is 16.5 Å². The zero-order chi connectivity index (χ0) is 10.4. The van der Waals surface area contributed by atoms with Crippen molar-refractivity contribution in [2.75, 3.05) is 12.3 Å². The van der Waals surface area contributed by atoms with Crippen molar-refractivity contribution in [3.8, 4) is 6.07 Å². The van der Waals surface area contributed by atoms with Crippen LogP contribution in [-0.2, 0) is 6.42 Å². The van der Waals surface area contributed by atoms with Crippen LogP contribution in [0.5, 0.6) is 0 Å². The Morgan fingerprint density at radius 1 is 1.53 bits per heavy atom. The summed E-state index contributed by atoms with van der Waals surface area (Å²) in [6, 6.07) is 2.21. The number of nitriles is 1. The number of hydrogen-bond acceptors (Lipinski definition) is 5. The molecule has 1 aliphatic carbocycles. The highest BCUT2D eigenvalue weighted by atomic mass is 32.1. The molecule has 4 nitrogen and oxygen atoms in total. The van der Waals surface area contributed by atoms with E-state index in [4.69, 9.17) is 11.0 Å². The number of nitrogens with zero attached hydrogens (tertiary/aromatic N) is 2. The number of hydrogen-bond donors (Lipinski definition) is 2. The van der Waals surface area contributed by atoms with Crippen molar-refractivity contribution >= 4 is 22.0 Å². The van der Waals surface area contributed by atoms with Gasteiger partial charge in [-0.3, -0.25) is 0 Å². The van der Waals surface area contributed by atoms with Gasteiger partial charge in [0.15, 0.2) is 0 Å². The molecule has 1 aromatic rings. The Kier molecular flexibility index (Phi) is 1.73. The van der Waals surface area contributed by atoms with E-state index in [-0.39, 0.29) is 0 Å². The Hall–Kier alpha value is -1.54. The first-order chi connectivity index (χ1) is 7.31. The molecule has 1 unspecified atom stereocenters. The predicted molar refractivity (Wildman–Crippen MR) is 59.9 cm³/mol. The summed E-state index contributed by atoms with van der Waals surface area (Å²) in [5, 5.41) is 14.0. The summed E-state index contributed by atoms with van der Waals surface area (Å²) in [6.07, 6.45) is 1.86. The second-order valence-electron chi connectivity index (χ2n) is 3.81. The topological polar surface area (TPSA) is 74.2 Å². The highest BCUT2D eigenvalue weighted by molar-refractivity contribution is 7.16. The second-order valence-corrected chi connectivity index (χ2v) is 4.90. The first-order valence-electron chi connectivity index (χ1n) is 4.91. The highest BCUT2D eigenvalue weighted by Gasteiger charge is 2.33. The molecule has 0 bridgehead atoms. The minimum atomic E-state index is 0.364. The lowest BCUT2D eigenvalue weighted by molar-refractivity contribution is 0.757. The fourth-order valence-corrected chi connectivity index (χ4v) is 3.51. The van der Waals surface area contributed by atoms with Gasteiger partial charge in [-0.2, -0.15) is 10.4 Å². The maximum Gasteiger partial charge on any atom is 0.104 e. The molecule has 3 N–H and O–H groups in total. The number of hydrazone groups is 1. The Bertz CT molecular complexity index is 494. The quantitative estimate of drug-likeness (QED) is 0.687. The van der Waals surface area contributed by atoms with Gasteiger partial charge in [0.25, 0.3) is 0 Å². The van der Waals surface area contributed by atoms with Crippen LogP contribution < -0.4 is 11.2 Å². The molecule has 1 aromatic heterocycles. The van der Waals surface area contributed by atoms with E-state index in [9.17, 15) is 0 Å². The molecule has 5 heteroatoms. The Morgan fingerprint density at radius 2 is 2.40 bits per heavy atom. The SMILES string of the molecule is N#Cc1c(N)sc2c1CCC1=NNCC12. The lowest BCUT2D eigenvalue weighted by atomic mass is 9.86. The van der Waals surface area contributed by atoms with E-state index < -0.39 is 0 Å². The molecule has 2 heterocycles. The monoisotopic (exact) mass is 218 g/mol. The van der Waals surface area contributed by atoms with Crippen LogP contribution in [0.1, 0.15) is 28.3 Å². The maximum atomic E-state index is 9.03. The van der Waals surface area contributed by atoms with Gasteiger partial charge in [-0.15, -0.1) is 11.3 Å². The molecule has 0 spiro atoms. The van der Waals surface area contributed by atoms with E-state index in [1.807, 2.05) is 0 Å². The fourth-order valence-electron chi connectivity index (χ4n) is 2.32. The van der Waals surface area contributed by atoms with Crippen molar-refractivity contribution in [2.45, 2.75) is 18.8 Å². The zero-order valence-electron chi connectivity index (χ0n) is 8.08. The molecule has 0 saturated heterocycles. The number of rotatable bonds is 0. The normalized spacial score (nSPS) is 22.3. The van der Waals surface area contributed by atoms with Crippen molar-refractivity contribution in [3.63, 3.8) is 0 Å². The van der Waals surface area contributed by atoms with Crippen molar-refractivity contribution in [1.29, 1.82) is 5.26 Å². The van der Waals surface area contributed by atoms with E-state index >= 15 is 0 Å². The molecule has 15 heavy (non-hydrogen) atoms. The number of thiophene rings is 1. The van der Waals surface area contributed by atoms with Crippen molar-refractivity contribution in [3.05, 3.63) is 16.0 Å². The average molecular weight is 218 g/mol. The van der Waals surface area contributed by atoms with Gasteiger partial charge >= 0.3 is 0 Å².